The van der Waals surface area contributed by atoms with Crippen LogP contribution in [0.25, 0.3) is 5.57 Å². The van der Waals surface area contributed by atoms with Gasteiger partial charge in [-0.2, -0.15) is 0 Å². The maximum atomic E-state index is 12.9. The van der Waals surface area contributed by atoms with E-state index in [-0.39, 0.29) is 18.2 Å². The molecule has 2 aromatic rings. The number of methoxy groups -OCH3 is 1. The lowest BCUT2D eigenvalue weighted by Crippen LogP contribution is -2.27. The largest absolute Gasteiger partial charge is 0.497 e. The molecule has 0 unspecified atom stereocenters. The van der Waals surface area contributed by atoms with Crippen LogP contribution in [0.15, 0.2) is 48.0 Å². The van der Waals surface area contributed by atoms with Gasteiger partial charge in [0.1, 0.15) is 18.1 Å². The molecule has 4 heteroatoms. The van der Waals surface area contributed by atoms with Crippen LogP contribution in [0.4, 0.5) is 0 Å². The molecule has 0 fully saturated rings. The second kappa shape index (κ2) is 4.56. The van der Waals surface area contributed by atoms with Gasteiger partial charge in [-0.3, -0.25) is 9.59 Å². The molecule has 0 saturated heterocycles. The van der Waals surface area contributed by atoms with Crippen LogP contribution in [-0.4, -0.2) is 25.3 Å². The van der Waals surface area contributed by atoms with E-state index in [2.05, 4.69) is 0 Å². The lowest BCUT2D eigenvalue weighted by Gasteiger charge is -2.27. The molecule has 0 radical (unpaired) electrons. The zero-order valence-electron chi connectivity index (χ0n) is 11.9. The summed E-state index contributed by atoms with van der Waals surface area (Å²) in [5, 5.41) is 0. The highest BCUT2D eigenvalue weighted by Crippen LogP contribution is 2.41. The van der Waals surface area contributed by atoms with E-state index in [9.17, 15) is 9.59 Å². The molecule has 0 saturated carbocycles. The van der Waals surface area contributed by atoms with Gasteiger partial charge in [-0.25, -0.2) is 0 Å². The van der Waals surface area contributed by atoms with Crippen molar-refractivity contribution in [2.24, 2.45) is 0 Å². The molecule has 0 amide bonds. The highest BCUT2D eigenvalue weighted by molar-refractivity contribution is 6.41. The number of ether oxygens (including phenoxy) is 2. The summed E-state index contributed by atoms with van der Waals surface area (Å²) in [5.74, 6) is 0.942. The smallest absolute Gasteiger partial charge is 0.195 e. The Kier molecular flexibility index (Phi) is 2.66. The quantitative estimate of drug-likeness (QED) is 0.811. The van der Waals surface area contributed by atoms with Crippen molar-refractivity contribution in [1.82, 2.24) is 0 Å². The van der Waals surface area contributed by atoms with Crippen LogP contribution >= 0.6 is 0 Å². The molecule has 22 heavy (non-hydrogen) atoms. The van der Waals surface area contributed by atoms with Gasteiger partial charge in [0.05, 0.1) is 7.11 Å². The van der Waals surface area contributed by atoms with Crippen molar-refractivity contribution >= 4 is 17.1 Å². The normalized spacial score (nSPS) is 15.7. The zero-order valence-corrected chi connectivity index (χ0v) is 11.9. The first kappa shape index (κ1) is 12.8. The molecule has 1 aliphatic carbocycles. The molecule has 1 heterocycles. The first-order valence-corrected chi connectivity index (χ1v) is 6.93. The molecule has 4 rings (SSSR count). The molecule has 0 bridgehead atoms. The monoisotopic (exact) mass is 292 g/mol. The van der Waals surface area contributed by atoms with Crippen molar-refractivity contribution in [2.45, 2.75) is 0 Å². The lowest BCUT2D eigenvalue weighted by atomic mass is 9.80. The number of rotatable bonds is 1. The molecule has 2 aromatic carbocycles. The number of allylic oxidation sites excluding steroid dienone is 1. The number of hydrogen-bond acceptors (Lipinski definition) is 4. The molecular weight excluding hydrogens is 280 g/mol. The third-order valence-corrected chi connectivity index (χ3v) is 4.05. The van der Waals surface area contributed by atoms with Crippen molar-refractivity contribution in [3.8, 4) is 11.5 Å². The summed E-state index contributed by atoms with van der Waals surface area (Å²) in [6, 6.07) is 12.2. The summed E-state index contributed by atoms with van der Waals surface area (Å²) in [4.78, 5) is 25.5. The Morgan fingerprint density at radius 3 is 2.41 bits per heavy atom. The summed E-state index contributed by atoms with van der Waals surface area (Å²) in [6.45, 7) is 0.119. The molecule has 108 valence electrons. The molecule has 0 aromatic heterocycles. The minimum atomic E-state index is -0.140. The number of Topliss-reactive ketones (excluding diaryl/α,β-unsaturated/α-hetero) is 2. The fourth-order valence-electron chi connectivity index (χ4n) is 2.96. The van der Waals surface area contributed by atoms with Crippen molar-refractivity contribution in [2.75, 3.05) is 13.7 Å². The van der Waals surface area contributed by atoms with Gasteiger partial charge >= 0.3 is 0 Å². The average molecular weight is 292 g/mol. The SMILES string of the molecule is COc1ccc2c(c1)C1=C(CO2)C(=O)c2ccccc2C1=O. The minimum Gasteiger partial charge on any atom is -0.497 e. The van der Waals surface area contributed by atoms with E-state index in [4.69, 9.17) is 9.47 Å². The predicted molar refractivity (Wildman–Crippen MR) is 80.5 cm³/mol. The molecule has 4 nitrogen and oxygen atoms in total. The van der Waals surface area contributed by atoms with Crippen LogP contribution in [0.5, 0.6) is 11.5 Å². The van der Waals surface area contributed by atoms with Crippen LogP contribution in [0.2, 0.25) is 0 Å². The van der Waals surface area contributed by atoms with Gasteiger partial charge in [0.15, 0.2) is 11.6 Å². The molecule has 0 N–H and O–H groups in total. The van der Waals surface area contributed by atoms with E-state index in [1.165, 1.54) is 0 Å². The third-order valence-electron chi connectivity index (χ3n) is 4.05. The van der Waals surface area contributed by atoms with Crippen LogP contribution in [-0.2, 0) is 0 Å². The second-order valence-electron chi connectivity index (χ2n) is 5.21. The number of ketones is 2. The maximum Gasteiger partial charge on any atom is 0.195 e. The van der Waals surface area contributed by atoms with Gasteiger partial charge in [0, 0.05) is 27.8 Å². The Balaban J connectivity index is 1.98. The average Bonchev–Trinajstić information content (AvgIpc) is 2.58. The number of carbonyl (C=O) groups excluding carboxylic acids is 2. The second-order valence-corrected chi connectivity index (χ2v) is 5.21. The zero-order chi connectivity index (χ0) is 15.3. The first-order valence-electron chi connectivity index (χ1n) is 6.93. The number of carbonyl (C=O) groups is 2. The topological polar surface area (TPSA) is 52.6 Å². The van der Waals surface area contributed by atoms with E-state index in [1.54, 1.807) is 49.6 Å². The van der Waals surface area contributed by atoms with Gasteiger partial charge < -0.3 is 9.47 Å². The summed E-state index contributed by atoms with van der Waals surface area (Å²) < 4.78 is 10.9. The Morgan fingerprint density at radius 2 is 1.68 bits per heavy atom. The van der Waals surface area contributed by atoms with Crippen molar-refractivity contribution < 1.29 is 19.1 Å². The van der Waals surface area contributed by atoms with Crippen LogP contribution in [0.3, 0.4) is 0 Å². The van der Waals surface area contributed by atoms with Gasteiger partial charge in [-0.15, -0.1) is 0 Å². The van der Waals surface area contributed by atoms with E-state index in [1.807, 2.05) is 0 Å². The molecule has 1 aliphatic heterocycles. The van der Waals surface area contributed by atoms with Gasteiger partial charge in [-0.1, -0.05) is 24.3 Å². The fourth-order valence-corrected chi connectivity index (χ4v) is 2.96. The molecule has 2 aliphatic rings. The Labute approximate surface area is 127 Å². The standard InChI is InChI=1S/C18H12O4/c1-21-10-6-7-15-13(8-10)16-14(9-22-15)17(19)11-4-2-3-5-12(11)18(16)20/h2-8H,9H2,1H3. The highest BCUT2D eigenvalue weighted by Gasteiger charge is 2.36. The summed E-state index contributed by atoms with van der Waals surface area (Å²) in [7, 11) is 1.56. The first-order chi connectivity index (χ1) is 10.7. The number of hydrogen-bond donors (Lipinski definition) is 0. The van der Waals surface area contributed by atoms with Crippen LogP contribution in [0, 0.1) is 0 Å². The highest BCUT2D eigenvalue weighted by atomic mass is 16.5. The maximum absolute atomic E-state index is 12.9. The van der Waals surface area contributed by atoms with Crippen LogP contribution in [0.1, 0.15) is 26.3 Å². The Morgan fingerprint density at radius 1 is 0.955 bits per heavy atom. The Hall–Kier alpha value is -2.88. The molecular formula is C18H12O4. The number of benzene rings is 2. The predicted octanol–water partition coefficient (Wildman–Crippen LogP) is 2.92. The fraction of sp³-hybridized carbons (Fsp3) is 0.111. The third kappa shape index (κ3) is 1.64. The summed E-state index contributed by atoms with van der Waals surface area (Å²) >= 11 is 0. The van der Waals surface area contributed by atoms with E-state index in [0.717, 1.165) is 0 Å². The van der Waals surface area contributed by atoms with E-state index < -0.39 is 0 Å². The van der Waals surface area contributed by atoms with Crippen molar-refractivity contribution in [1.29, 1.82) is 0 Å². The Bertz CT molecular complexity index is 861. The van der Waals surface area contributed by atoms with Crippen molar-refractivity contribution in [3.05, 3.63) is 64.7 Å². The van der Waals surface area contributed by atoms with Gasteiger partial charge in [-0.05, 0) is 18.2 Å². The van der Waals surface area contributed by atoms with Crippen LogP contribution < -0.4 is 9.47 Å². The lowest BCUT2D eigenvalue weighted by molar-refractivity contribution is 0.0978. The van der Waals surface area contributed by atoms with Gasteiger partial charge in [0.25, 0.3) is 0 Å². The van der Waals surface area contributed by atoms with Gasteiger partial charge in [0.2, 0.25) is 0 Å². The van der Waals surface area contributed by atoms with E-state index >= 15 is 0 Å². The minimum absolute atomic E-state index is 0.119. The number of fused-ring (bicyclic) bond motifs is 3. The summed E-state index contributed by atoms with van der Waals surface area (Å²) in [5.41, 5.74) is 2.37. The summed E-state index contributed by atoms with van der Waals surface area (Å²) in [6.07, 6.45) is 0. The van der Waals surface area contributed by atoms with Crippen molar-refractivity contribution in [3.63, 3.8) is 0 Å². The molecule has 0 spiro atoms. The molecule has 0 atom stereocenters. The van der Waals surface area contributed by atoms with E-state index in [0.29, 0.717) is 39.3 Å².